The standard InChI is InChI=1S/C17H27N5O3/c1-20(2)15(23)12-21-8-5-17(24)6-9-22(11-13(17)10-21)16-18-7-4-14(19-16)25-3/h4,7,13,24H,5-6,8-12H2,1-3H3/t13-,17-/m0/s1. The third-order valence-electron chi connectivity index (χ3n) is 5.32. The Morgan fingerprint density at radius 1 is 1.40 bits per heavy atom. The largest absolute Gasteiger partial charge is 0.481 e. The lowest BCUT2D eigenvalue weighted by atomic mass is 9.75. The second-order valence-corrected chi connectivity index (χ2v) is 7.17. The quantitative estimate of drug-likeness (QED) is 0.808. The molecular weight excluding hydrogens is 322 g/mol. The lowest BCUT2D eigenvalue weighted by Crippen LogP contribution is -2.61. The van der Waals surface area contributed by atoms with Crippen molar-refractivity contribution in [1.82, 2.24) is 19.8 Å². The summed E-state index contributed by atoms with van der Waals surface area (Å²) in [5, 5.41) is 11.0. The molecule has 138 valence electrons. The first-order valence-electron chi connectivity index (χ1n) is 8.68. The molecule has 1 aromatic heterocycles. The van der Waals surface area contributed by atoms with Crippen molar-refractivity contribution in [2.24, 2.45) is 5.92 Å². The highest BCUT2D eigenvalue weighted by Crippen LogP contribution is 2.36. The van der Waals surface area contributed by atoms with E-state index >= 15 is 0 Å². The summed E-state index contributed by atoms with van der Waals surface area (Å²) in [6.45, 7) is 3.25. The summed E-state index contributed by atoms with van der Waals surface area (Å²) in [4.78, 5) is 26.6. The molecule has 3 heterocycles. The van der Waals surface area contributed by atoms with E-state index in [9.17, 15) is 9.90 Å². The molecule has 0 aliphatic carbocycles. The highest BCUT2D eigenvalue weighted by atomic mass is 16.5. The van der Waals surface area contributed by atoms with Gasteiger partial charge >= 0.3 is 0 Å². The number of likely N-dealkylation sites (tertiary alicyclic amines) is 1. The molecule has 3 rings (SSSR count). The lowest BCUT2D eigenvalue weighted by molar-refractivity contribution is -0.133. The first kappa shape index (κ1) is 17.9. The van der Waals surface area contributed by atoms with E-state index in [0.717, 1.165) is 13.1 Å². The molecule has 25 heavy (non-hydrogen) atoms. The maximum Gasteiger partial charge on any atom is 0.236 e. The number of nitrogens with zero attached hydrogens (tertiary/aromatic N) is 5. The van der Waals surface area contributed by atoms with Crippen molar-refractivity contribution in [3.63, 3.8) is 0 Å². The van der Waals surface area contributed by atoms with Gasteiger partial charge in [-0.05, 0) is 12.8 Å². The van der Waals surface area contributed by atoms with Gasteiger partial charge in [0, 0.05) is 58.5 Å². The molecule has 0 aromatic carbocycles. The van der Waals surface area contributed by atoms with E-state index in [2.05, 4.69) is 19.8 Å². The van der Waals surface area contributed by atoms with Crippen LogP contribution in [-0.4, -0.2) is 90.3 Å². The van der Waals surface area contributed by atoms with Gasteiger partial charge in [0.1, 0.15) is 0 Å². The van der Waals surface area contributed by atoms with Crippen LogP contribution >= 0.6 is 0 Å². The van der Waals surface area contributed by atoms with Crippen LogP contribution in [0.1, 0.15) is 12.8 Å². The molecule has 1 amide bonds. The molecular formula is C17H27N5O3. The highest BCUT2D eigenvalue weighted by molar-refractivity contribution is 5.77. The topological polar surface area (TPSA) is 82.0 Å². The normalized spacial score (nSPS) is 26.9. The van der Waals surface area contributed by atoms with E-state index in [4.69, 9.17) is 4.74 Å². The number of hydrogen-bond donors (Lipinski definition) is 1. The zero-order valence-electron chi connectivity index (χ0n) is 15.2. The van der Waals surface area contributed by atoms with Crippen LogP contribution in [0.4, 0.5) is 5.95 Å². The molecule has 8 nitrogen and oxygen atoms in total. The average Bonchev–Trinajstić information content (AvgIpc) is 2.61. The van der Waals surface area contributed by atoms with Crippen molar-refractivity contribution in [1.29, 1.82) is 0 Å². The molecule has 2 aliphatic heterocycles. The summed E-state index contributed by atoms with van der Waals surface area (Å²) in [5.41, 5.74) is -0.660. The Morgan fingerprint density at radius 2 is 2.16 bits per heavy atom. The zero-order chi connectivity index (χ0) is 18.0. The Morgan fingerprint density at radius 3 is 2.88 bits per heavy atom. The number of hydrogen-bond acceptors (Lipinski definition) is 7. The van der Waals surface area contributed by atoms with Gasteiger partial charge in [-0.15, -0.1) is 0 Å². The van der Waals surface area contributed by atoms with Crippen molar-refractivity contribution in [2.75, 3.05) is 58.8 Å². The van der Waals surface area contributed by atoms with Crippen molar-refractivity contribution in [2.45, 2.75) is 18.4 Å². The number of methoxy groups -OCH3 is 1. The zero-order valence-corrected chi connectivity index (χ0v) is 15.2. The third kappa shape index (κ3) is 3.85. The van der Waals surface area contributed by atoms with Gasteiger partial charge in [-0.3, -0.25) is 9.69 Å². The fourth-order valence-electron chi connectivity index (χ4n) is 3.63. The molecule has 0 radical (unpaired) electrons. The van der Waals surface area contributed by atoms with E-state index in [1.54, 1.807) is 38.4 Å². The molecule has 2 atom stereocenters. The number of carbonyl (C=O) groups is 1. The number of piperidine rings is 2. The predicted molar refractivity (Wildman–Crippen MR) is 93.6 cm³/mol. The number of fused-ring (bicyclic) bond motifs is 1. The van der Waals surface area contributed by atoms with E-state index < -0.39 is 5.60 Å². The molecule has 0 unspecified atom stereocenters. The highest BCUT2D eigenvalue weighted by Gasteiger charge is 2.45. The number of aliphatic hydroxyl groups is 1. The number of anilines is 1. The van der Waals surface area contributed by atoms with Crippen LogP contribution in [0.15, 0.2) is 12.3 Å². The maximum atomic E-state index is 12.0. The van der Waals surface area contributed by atoms with Crippen molar-refractivity contribution in [3.8, 4) is 5.88 Å². The SMILES string of the molecule is COc1ccnc(N2CC[C@@]3(O)CCN(CC(=O)N(C)C)C[C@H]3C2)n1. The summed E-state index contributed by atoms with van der Waals surface area (Å²) < 4.78 is 5.18. The van der Waals surface area contributed by atoms with Crippen molar-refractivity contribution < 1.29 is 14.6 Å². The summed E-state index contributed by atoms with van der Waals surface area (Å²) in [6, 6.07) is 1.72. The summed E-state index contributed by atoms with van der Waals surface area (Å²) in [5.74, 6) is 1.32. The van der Waals surface area contributed by atoms with E-state index in [1.807, 2.05) is 0 Å². The first-order valence-corrected chi connectivity index (χ1v) is 8.68. The molecule has 1 N–H and O–H groups in total. The lowest BCUT2D eigenvalue weighted by Gasteiger charge is -2.50. The number of rotatable bonds is 4. The van der Waals surface area contributed by atoms with E-state index in [-0.39, 0.29) is 11.8 Å². The molecule has 0 bridgehead atoms. The van der Waals surface area contributed by atoms with Crippen LogP contribution in [0.25, 0.3) is 0 Å². The molecule has 0 spiro atoms. The first-order chi connectivity index (χ1) is 11.9. The van der Waals surface area contributed by atoms with Gasteiger partial charge in [-0.1, -0.05) is 0 Å². The number of ether oxygens (including phenoxy) is 1. The smallest absolute Gasteiger partial charge is 0.236 e. The van der Waals surface area contributed by atoms with Gasteiger partial charge < -0.3 is 19.6 Å². The van der Waals surface area contributed by atoms with Gasteiger partial charge in [-0.25, -0.2) is 4.98 Å². The molecule has 0 saturated carbocycles. The molecule has 8 heteroatoms. The van der Waals surface area contributed by atoms with Crippen LogP contribution in [0, 0.1) is 5.92 Å². The Balaban J connectivity index is 1.69. The van der Waals surface area contributed by atoms with Gasteiger partial charge in [0.25, 0.3) is 0 Å². The van der Waals surface area contributed by atoms with Gasteiger partial charge in [-0.2, -0.15) is 4.98 Å². The fraction of sp³-hybridized carbons (Fsp3) is 0.706. The minimum Gasteiger partial charge on any atom is -0.481 e. The third-order valence-corrected chi connectivity index (χ3v) is 5.32. The van der Waals surface area contributed by atoms with Crippen LogP contribution in [0.5, 0.6) is 5.88 Å². The number of amides is 1. The molecule has 2 saturated heterocycles. The second kappa shape index (κ2) is 7.13. The van der Waals surface area contributed by atoms with E-state index in [0.29, 0.717) is 44.3 Å². The fourth-order valence-corrected chi connectivity index (χ4v) is 3.63. The van der Waals surface area contributed by atoms with Crippen LogP contribution in [0.3, 0.4) is 0 Å². The van der Waals surface area contributed by atoms with Gasteiger partial charge in [0.2, 0.25) is 17.7 Å². The minimum atomic E-state index is -0.660. The number of likely N-dealkylation sites (N-methyl/N-ethyl adjacent to an activating group) is 1. The maximum absolute atomic E-state index is 12.0. The van der Waals surface area contributed by atoms with Crippen molar-refractivity contribution >= 4 is 11.9 Å². The molecule has 2 aliphatic rings. The van der Waals surface area contributed by atoms with E-state index in [1.165, 1.54) is 0 Å². The molecule has 1 aromatic rings. The molecule has 2 fully saturated rings. The van der Waals surface area contributed by atoms with Crippen LogP contribution in [-0.2, 0) is 4.79 Å². The number of aromatic nitrogens is 2. The average molecular weight is 349 g/mol. The second-order valence-electron chi connectivity index (χ2n) is 7.17. The Kier molecular flexibility index (Phi) is 5.10. The minimum absolute atomic E-state index is 0.0692. The summed E-state index contributed by atoms with van der Waals surface area (Å²) in [7, 11) is 5.12. The summed E-state index contributed by atoms with van der Waals surface area (Å²) in [6.07, 6.45) is 3.07. The number of carbonyl (C=O) groups excluding carboxylic acids is 1. The van der Waals surface area contributed by atoms with Gasteiger partial charge in [0.05, 0.1) is 19.3 Å². The summed E-state index contributed by atoms with van der Waals surface area (Å²) >= 11 is 0. The predicted octanol–water partition coefficient (Wildman–Crippen LogP) is -0.163. The van der Waals surface area contributed by atoms with Crippen molar-refractivity contribution in [3.05, 3.63) is 12.3 Å². The Hall–Kier alpha value is -1.93. The van der Waals surface area contributed by atoms with Gasteiger partial charge in [0.15, 0.2) is 0 Å². The Labute approximate surface area is 148 Å². The van der Waals surface area contributed by atoms with Crippen LogP contribution < -0.4 is 9.64 Å². The Bertz CT molecular complexity index is 626. The van der Waals surface area contributed by atoms with Crippen LogP contribution in [0.2, 0.25) is 0 Å². The monoisotopic (exact) mass is 349 g/mol.